The lowest BCUT2D eigenvalue weighted by atomic mass is 10.2. The van der Waals surface area contributed by atoms with Gasteiger partial charge >= 0.3 is 0 Å². The maximum absolute atomic E-state index is 5.18. The van der Waals surface area contributed by atoms with E-state index in [0.29, 0.717) is 5.25 Å². The monoisotopic (exact) mass is 319 g/mol. The normalized spacial score (nSPS) is 17.8. The second-order valence-electron chi connectivity index (χ2n) is 4.75. The minimum Gasteiger partial charge on any atom is -0.497 e. The number of aromatic nitrogens is 2. The van der Waals surface area contributed by atoms with Crippen LogP contribution in [-0.4, -0.2) is 39.3 Å². The molecule has 1 atom stereocenters. The molecule has 0 N–H and O–H groups in total. The molecular weight excluding hydrogens is 302 g/mol. The topological polar surface area (TPSA) is 39.4 Å². The van der Waals surface area contributed by atoms with Gasteiger partial charge in [-0.15, -0.1) is 11.8 Å². The molecule has 0 fully saturated rings. The van der Waals surface area contributed by atoms with Crippen LogP contribution in [0.2, 0.25) is 0 Å². The number of hydrogen-bond donors (Lipinski definition) is 0. The van der Waals surface area contributed by atoms with Crippen LogP contribution in [0.5, 0.6) is 5.75 Å². The van der Waals surface area contributed by atoms with Gasteiger partial charge in [-0.1, -0.05) is 11.8 Å². The van der Waals surface area contributed by atoms with Crippen LogP contribution in [0, 0.1) is 0 Å². The number of thioether (sulfide) groups is 2. The van der Waals surface area contributed by atoms with Crippen LogP contribution in [0.1, 0.15) is 5.56 Å². The van der Waals surface area contributed by atoms with Crippen molar-refractivity contribution >= 4 is 28.6 Å². The zero-order valence-corrected chi connectivity index (χ0v) is 13.7. The maximum atomic E-state index is 5.18. The second kappa shape index (κ2) is 6.58. The first-order valence-electron chi connectivity index (χ1n) is 6.72. The Morgan fingerprint density at radius 3 is 2.86 bits per heavy atom. The standard InChI is InChI=1S/C15H17N3OS2/c1-18-8-7-16-15(18)20-10-13-9-17-14(21-13)11-3-5-12(19-2)6-4-11/h3-8,13H,9-10H2,1-2H3. The van der Waals surface area contributed by atoms with E-state index in [9.17, 15) is 0 Å². The van der Waals surface area contributed by atoms with Crippen LogP contribution in [0.15, 0.2) is 46.8 Å². The summed E-state index contributed by atoms with van der Waals surface area (Å²) in [4.78, 5) is 9.00. The summed E-state index contributed by atoms with van der Waals surface area (Å²) in [5.41, 5.74) is 1.17. The van der Waals surface area contributed by atoms with Crippen molar-refractivity contribution in [3.63, 3.8) is 0 Å². The third kappa shape index (κ3) is 3.44. The molecular formula is C15H17N3OS2. The van der Waals surface area contributed by atoms with Crippen molar-refractivity contribution in [2.24, 2.45) is 12.0 Å². The SMILES string of the molecule is COc1ccc(C2=NCC(CSc3nccn3C)S2)cc1. The van der Waals surface area contributed by atoms with Crippen LogP contribution >= 0.6 is 23.5 Å². The van der Waals surface area contributed by atoms with Crippen LogP contribution < -0.4 is 4.74 Å². The highest BCUT2D eigenvalue weighted by molar-refractivity contribution is 8.16. The minimum absolute atomic E-state index is 0.517. The number of imidazole rings is 1. The van der Waals surface area contributed by atoms with Crippen molar-refractivity contribution in [1.29, 1.82) is 0 Å². The van der Waals surface area contributed by atoms with Gasteiger partial charge in [0.1, 0.15) is 5.75 Å². The second-order valence-corrected chi connectivity index (χ2v) is 7.02. The average Bonchev–Trinajstić information content (AvgIpc) is 3.14. The Kier molecular flexibility index (Phi) is 4.55. The first kappa shape index (κ1) is 14.5. The number of hydrogen-bond acceptors (Lipinski definition) is 5. The molecule has 0 saturated carbocycles. The Bertz CT molecular complexity index is 637. The first-order chi connectivity index (χ1) is 10.3. The molecule has 1 aliphatic heterocycles. The summed E-state index contributed by atoms with van der Waals surface area (Å²) in [7, 11) is 3.71. The third-order valence-electron chi connectivity index (χ3n) is 3.23. The Hall–Kier alpha value is -1.40. The molecule has 0 spiro atoms. The lowest BCUT2D eigenvalue weighted by Crippen LogP contribution is -2.07. The number of methoxy groups -OCH3 is 1. The van der Waals surface area contributed by atoms with Crippen molar-refractivity contribution in [3.8, 4) is 5.75 Å². The average molecular weight is 319 g/mol. The molecule has 0 saturated heterocycles. The molecule has 2 aromatic rings. The quantitative estimate of drug-likeness (QED) is 0.794. The Balaban J connectivity index is 1.55. The smallest absolute Gasteiger partial charge is 0.167 e. The van der Waals surface area contributed by atoms with Gasteiger partial charge in [-0.25, -0.2) is 4.98 Å². The molecule has 0 aliphatic carbocycles. The summed E-state index contributed by atoms with van der Waals surface area (Å²) in [6.45, 7) is 0.878. The molecule has 6 heteroatoms. The van der Waals surface area contributed by atoms with Gasteiger partial charge in [0.2, 0.25) is 0 Å². The number of aryl methyl sites for hydroxylation is 1. The van der Waals surface area contributed by atoms with E-state index in [2.05, 4.69) is 26.7 Å². The molecule has 0 amide bonds. The van der Waals surface area contributed by atoms with Gasteiger partial charge in [0.25, 0.3) is 0 Å². The molecule has 1 unspecified atom stereocenters. The summed E-state index contributed by atoms with van der Waals surface area (Å²) in [5, 5.41) is 2.71. The fourth-order valence-electron chi connectivity index (χ4n) is 2.06. The van der Waals surface area contributed by atoms with E-state index in [0.717, 1.165) is 28.2 Å². The third-order valence-corrected chi connectivity index (χ3v) is 5.90. The van der Waals surface area contributed by atoms with Crippen LogP contribution in [-0.2, 0) is 7.05 Å². The molecule has 21 heavy (non-hydrogen) atoms. The predicted molar refractivity (Wildman–Crippen MR) is 89.7 cm³/mol. The van der Waals surface area contributed by atoms with Gasteiger partial charge in [-0.2, -0.15) is 0 Å². The number of ether oxygens (including phenoxy) is 1. The zero-order valence-electron chi connectivity index (χ0n) is 12.0. The largest absolute Gasteiger partial charge is 0.497 e. The fraction of sp³-hybridized carbons (Fsp3) is 0.333. The van der Waals surface area contributed by atoms with Crippen molar-refractivity contribution < 1.29 is 4.74 Å². The Morgan fingerprint density at radius 1 is 1.38 bits per heavy atom. The molecule has 3 rings (SSSR count). The van der Waals surface area contributed by atoms with Crippen LogP contribution in [0.3, 0.4) is 0 Å². The summed E-state index contributed by atoms with van der Waals surface area (Å²) in [5.74, 6) is 1.91. The molecule has 0 radical (unpaired) electrons. The van der Waals surface area contributed by atoms with E-state index >= 15 is 0 Å². The highest BCUT2D eigenvalue weighted by Gasteiger charge is 2.21. The van der Waals surface area contributed by atoms with Crippen molar-refractivity contribution in [2.75, 3.05) is 19.4 Å². The van der Waals surface area contributed by atoms with Crippen LogP contribution in [0.25, 0.3) is 0 Å². The Labute approximate surface area is 133 Å². The van der Waals surface area contributed by atoms with Gasteiger partial charge in [-0.3, -0.25) is 4.99 Å². The van der Waals surface area contributed by atoms with E-state index in [1.165, 1.54) is 5.56 Å². The molecule has 1 aromatic carbocycles. The highest BCUT2D eigenvalue weighted by atomic mass is 32.2. The molecule has 1 aromatic heterocycles. The molecule has 110 valence electrons. The predicted octanol–water partition coefficient (Wildman–Crippen LogP) is 3.08. The first-order valence-corrected chi connectivity index (χ1v) is 8.58. The van der Waals surface area contributed by atoms with Gasteiger partial charge in [-0.05, 0) is 24.3 Å². The molecule has 4 nitrogen and oxygen atoms in total. The van der Waals surface area contributed by atoms with Gasteiger partial charge in [0.05, 0.1) is 18.7 Å². The van der Waals surface area contributed by atoms with Gasteiger partial charge in [0, 0.05) is 36.0 Å². The number of aliphatic imine (C=N–C) groups is 1. The van der Waals surface area contributed by atoms with E-state index < -0.39 is 0 Å². The lowest BCUT2D eigenvalue weighted by Gasteiger charge is -2.08. The zero-order chi connectivity index (χ0) is 14.7. The van der Waals surface area contributed by atoms with Crippen molar-refractivity contribution in [1.82, 2.24) is 9.55 Å². The Morgan fingerprint density at radius 2 is 2.19 bits per heavy atom. The van der Waals surface area contributed by atoms with Crippen molar-refractivity contribution in [3.05, 3.63) is 42.2 Å². The van der Waals surface area contributed by atoms with Gasteiger partial charge < -0.3 is 9.30 Å². The van der Waals surface area contributed by atoms with Crippen LogP contribution in [0.4, 0.5) is 0 Å². The van der Waals surface area contributed by atoms with Crippen molar-refractivity contribution in [2.45, 2.75) is 10.4 Å². The summed E-state index contributed by atoms with van der Waals surface area (Å²) in [6.07, 6.45) is 3.81. The van der Waals surface area contributed by atoms with E-state index in [1.54, 1.807) is 18.9 Å². The number of benzene rings is 1. The molecule has 0 bridgehead atoms. The van der Waals surface area contributed by atoms with E-state index in [-0.39, 0.29) is 0 Å². The number of nitrogens with zero attached hydrogens (tertiary/aromatic N) is 3. The summed E-state index contributed by atoms with van der Waals surface area (Å²) < 4.78 is 7.24. The number of rotatable bonds is 5. The van der Waals surface area contributed by atoms with E-state index in [4.69, 9.17) is 4.74 Å². The van der Waals surface area contributed by atoms with E-state index in [1.807, 2.05) is 43.3 Å². The maximum Gasteiger partial charge on any atom is 0.167 e. The minimum atomic E-state index is 0.517. The highest BCUT2D eigenvalue weighted by Crippen LogP contribution is 2.30. The lowest BCUT2D eigenvalue weighted by molar-refractivity contribution is 0.415. The summed E-state index contributed by atoms with van der Waals surface area (Å²) >= 11 is 3.65. The molecule has 2 heterocycles. The molecule has 1 aliphatic rings. The fourth-order valence-corrected chi connectivity index (χ4v) is 4.26. The van der Waals surface area contributed by atoms with Gasteiger partial charge in [0.15, 0.2) is 5.16 Å². The summed E-state index contributed by atoms with van der Waals surface area (Å²) in [6, 6.07) is 8.10.